The first kappa shape index (κ1) is 9.31. The van der Waals surface area contributed by atoms with E-state index in [9.17, 15) is 15.6 Å². The molecular formula is C7H11N5O3. The fraction of sp³-hybridized carbons (Fsp3) is 0.286. The van der Waals surface area contributed by atoms with Crippen LogP contribution in [0.3, 0.4) is 0 Å². The van der Waals surface area contributed by atoms with E-state index in [1.54, 1.807) is 14.1 Å². The molecule has 0 aliphatic carbocycles. The predicted molar refractivity (Wildman–Crippen MR) is 52.4 cm³/mol. The molecule has 0 bridgehead atoms. The fourth-order valence-electron chi connectivity index (χ4n) is 1.63. The highest BCUT2D eigenvalue weighted by Gasteiger charge is 2.27. The Kier molecular flexibility index (Phi) is 1.78. The van der Waals surface area contributed by atoms with Gasteiger partial charge in [-0.3, -0.25) is 0 Å². The van der Waals surface area contributed by atoms with Crippen molar-refractivity contribution in [2.24, 2.45) is 0 Å². The van der Waals surface area contributed by atoms with Crippen molar-refractivity contribution >= 4 is 22.7 Å². The highest BCUT2D eigenvalue weighted by molar-refractivity contribution is 5.93. The molecule has 0 aliphatic rings. The second-order valence-corrected chi connectivity index (χ2v) is 2.99. The molecule has 0 radical (unpaired) electrons. The molecule has 0 unspecified atom stereocenters. The maximum atomic E-state index is 11.4. The Bertz CT molecular complexity index is 514. The molecule has 0 spiro atoms. The number of aromatic nitrogens is 3. The van der Waals surface area contributed by atoms with E-state index < -0.39 is 0 Å². The highest BCUT2D eigenvalue weighted by Crippen LogP contribution is 2.31. The first-order valence-corrected chi connectivity index (χ1v) is 4.24. The Morgan fingerprint density at radius 2 is 2.00 bits per heavy atom. The predicted octanol–water partition coefficient (Wildman–Crippen LogP) is -0.366. The van der Waals surface area contributed by atoms with Crippen LogP contribution in [-0.4, -0.2) is 34.0 Å². The van der Waals surface area contributed by atoms with Crippen molar-refractivity contribution in [1.82, 2.24) is 9.46 Å². The number of rotatable bonds is 2. The largest absolute Gasteiger partial charge is 0.710 e. The van der Waals surface area contributed by atoms with Gasteiger partial charge in [0.1, 0.15) is 5.69 Å². The first-order chi connectivity index (χ1) is 7.11. The van der Waals surface area contributed by atoms with Gasteiger partial charge >= 0.3 is 5.65 Å². The van der Waals surface area contributed by atoms with Crippen LogP contribution < -0.4 is 15.4 Å². The standard InChI is InChI=1S/C7H11N5O3/c1-8-4-5-7(11(14)3-10(5)13)12(15)6(4)9-2/h3,8-9,14-15H,1-2H3. The van der Waals surface area contributed by atoms with E-state index in [0.717, 1.165) is 6.33 Å². The summed E-state index contributed by atoms with van der Waals surface area (Å²) in [5.41, 5.74) is 0.573. The van der Waals surface area contributed by atoms with Crippen LogP contribution in [0.25, 0.3) is 11.2 Å². The Morgan fingerprint density at radius 1 is 1.33 bits per heavy atom. The molecule has 15 heavy (non-hydrogen) atoms. The summed E-state index contributed by atoms with van der Waals surface area (Å²) in [5.74, 6) is 0.301. The van der Waals surface area contributed by atoms with Gasteiger partial charge in [0.15, 0.2) is 5.82 Å². The second-order valence-electron chi connectivity index (χ2n) is 2.99. The van der Waals surface area contributed by atoms with E-state index in [-0.39, 0.29) is 11.2 Å². The monoisotopic (exact) mass is 213 g/mol. The summed E-state index contributed by atoms with van der Waals surface area (Å²) in [7, 11) is 3.21. The van der Waals surface area contributed by atoms with Crippen molar-refractivity contribution in [2.45, 2.75) is 0 Å². The molecule has 0 fully saturated rings. The summed E-state index contributed by atoms with van der Waals surface area (Å²) in [6, 6.07) is 0. The number of imidazole rings is 1. The van der Waals surface area contributed by atoms with Gasteiger partial charge in [0.25, 0.3) is 6.33 Å². The van der Waals surface area contributed by atoms with E-state index in [0.29, 0.717) is 25.7 Å². The van der Waals surface area contributed by atoms with E-state index in [2.05, 4.69) is 10.6 Å². The Balaban J connectivity index is 2.92. The average molecular weight is 213 g/mol. The zero-order valence-electron chi connectivity index (χ0n) is 8.22. The van der Waals surface area contributed by atoms with Crippen LogP contribution in [0.15, 0.2) is 6.33 Å². The van der Waals surface area contributed by atoms with Crippen LogP contribution in [0.1, 0.15) is 0 Å². The van der Waals surface area contributed by atoms with Crippen molar-refractivity contribution < 1.29 is 15.1 Å². The van der Waals surface area contributed by atoms with Crippen LogP contribution in [0.4, 0.5) is 11.5 Å². The SMILES string of the molecule is CNc1c(NC)n(O)c2c1[n+]([O-])cn2O. The topological polar surface area (TPSA) is 101 Å². The van der Waals surface area contributed by atoms with Gasteiger partial charge in [-0.1, -0.05) is 0 Å². The number of anilines is 2. The molecule has 2 aromatic heterocycles. The van der Waals surface area contributed by atoms with Crippen molar-refractivity contribution in [3.63, 3.8) is 0 Å². The molecule has 0 atom stereocenters. The van der Waals surface area contributed by atoms with Crippen LogP contribution in [0.5, 0.6) is 0 Å². The van der Waals surface area contributed by atoms with Gasteiger partial charge in [-0.15, -0.1) is 4.73 Å². The summed E-state index contributed by atoms with van der Waals surface area (Å²) in [6.07, 6.45) is 0.914. The number of nitrogens with one attached hydrogen (secondary N) is 2. The smallest absolute Gasteiger partial charge is 0.328 e. The third-order valence-corrected chi connectivity index (χ3v) is 2.24. The third-order valence-electron chi connectivity index (χ3n) is 2.24. The van der Waals surface area contributed by atoms with Gasteiger partial charge in [-0.2, -0.15) is 0 Å². The fourth-order valence-corrected chi connectivity index (χ4v) is 1.63. The molecule has 2 aromatic rings. The van der Waals surface area contributed by atoms with Crippen molar-refractivity contribution in [2.75, 3.05) is 24.7 Å². The highest BCUT2D eigenvalue weighted by atomic mass is 16.5. The Hall–Kier alpha value is -2.25. The lowest BCUT2D eigenvalue weighted by Gasteiger charge is -2.04. The molecule has 0 saturated heterocycles. The lowest BCUT2D eigenvalue weighted by atomic mass is 10.4. The van der Waals surface area contributed by atoms with Crippen molar-refractivity contribution in [3.8, 4) is 0 Å². The van der Waals surface area contributed by atoms with E-state index in [4.69, 9.17) is 0 Å². The van der Waals surface area contributed by atoms with Gasteiger partial charge in [0, 0.05) is 14.1 Å². The zero-order chi connectivity index (χ0) is 11.2. The lowest BCUT2D eigenvalue weighted by molar-refractivity contribution is -0.579. The zero-order valence-corrected chi connectivity index (χ0v) is 8.22. The number of hydrogen-bond donors (Lipinski definition) is 4. The Labute approximate surface area is 84.5 Å². The van der Waals surface area contributed by atoms with Gasteiger partial charge in [-0.05, 0) is 4.73 Å². The first-order valence-electron chi connectivity index (χ1n) is 4.24. The molecule has 8 heteroatoms. The molecule has 0 amide bonds. The summed E-state index contributed by atoms with van der Waals surface area (Å²) in [4.78, 5) is 0. The minimum atomic E-state index is -0.00120. The van der Waals surface area contributed by atoms with Gasteiger partial charge in [0.05, 0.1) is 0 Å². The van der Waals surface area contributed by atoms with Gasteiger partial charge in [0.2, 0.25) is 5.52 Å². The van der Waals surface area contributed by atoms with E-state index in [1.165, 1.54) is 0 Å². The molecule has 82 valence electrons. The quantitative estimate of drug-likeness (QED) is 0.310. The number of nitrogens with zero attached hydrogens (tertiary/aromatic N) is 3. The maximum absolute atomic E-state index is 11.4. The van der Waals surface area contributed by atoms with Crippen molar-refractivity contribution in [3.05, 3.63) is 11.5 Å². The molecule has 2 heterocycles. The molecule has 0 saturated carbocycles. The van der Waals surface area contributed by atoms with Gasteiger partial charge < -0.3 is 26.3 Å². The van der Waals surface area contributed by atoms with E-state index >= 15 is 0 Å². The molecule has 8 nitrogen and oxygen atoms in total. The minimum Gasteiger partial charge on any atom is -0.710 e. The number of fused-ring (bicyclic) bond motifs is 1. The Morgan fingerprint density at radius 3 is 2.53 bits per heavy atom. The maximum Gasteiger partial charge on any atom is 0.328 e. The van der Waals surface area contributed by atoms with Gasteiger partial charge in [-0.25, -0.2) is 4.73 Å². The van der Waals surface area contributed by atoms with Crippen LogP contribution in [0, 0.1) is 5.21 Å². The summed E-state index contributed by atoms with van der Waals surface area (Å²) < 4.78 is 1.73. The molecular weight excluding hydrogens is 202 g/mol. The average Bonchev–Trinajstić information content (AvgIpc) is 2.64. The van der Waals surface area contributed by atoms with Crippen molar-refractivity contribution in [1.29, 1.82) is 0 Å². The minimum absolute atomic E-state index is 0.00120. The molecule has 2 rings (SSSR count). The number of hydrogen-bond acceptors (Lipinski definition) is 5. The second kappa shape index (κ2) is 2.87. The summed E-state index contributed by atoms with van der Waals surface area (Å²) >= 11 is 0. The normalized spacial score (nSPS) is 10.8. The third kappa shape index (κ3) is 0.981. The van der Waals surface area contributed by atoms with Crippen LogP contribution in [0.2, 0.25) is 0 Å². The molecule has 0 aliphatic heterocycles. The summed E-state index contributed by atoms with van der Waals surface area (Å²) in [5, 5.41) is 35.9. The molecule has 4 N–H and O–H groups in total. The van der Waals surface area contributed by atoms with Crippen LogP contribution >= 0.6 is 0 Å². The van der Waals surface area contributed by atoms with Crippen LogP contribution in [-0.2, 0) is 0 Å². The molecule has 0 aromatic carbocycles. The lowest BCUT2D eigenvalue weighted by Crippen LogP contribution is -2.23. The summed E-state index contributed by atoms with van der Waals surface area (Å²) in [6.45, 7) is 0. The van der Waals surface area contributed by atoms with E-state index in [1.807, 2.05) is 0 Å².